The zero-order chi connectivity index (χ0) is 19.4. The van der Waals surface area contributed by atoms with Crippen LogP contribution in [0.1, 0.15) is 10.4 Å². The fourth-order valence-electron chi connectivity index (χ4n) is 2.65. The van der Waals surface area contributed by atoms with Gasteiger partial charge in [-0.15, -0.1) is 0 Å². The Bertz CT molecular complexity index is 974. The average Bonchev–Trinajstić information content (AvgIpc) is 2.68. The quantitative estimate of drug-likeness (QED) is 0.638. The third-order valence-corrected chi connectivity index (χ3v) is 4.27. The molecule has 1 N–H and O–H groups in total. The summed E-state index contributed by atoms with van der Waals surface area (Å²) in [7, 11) is 3.17. The smallest absolute Gasteiger partial charge is 0.258 e. The Morgan fingerprint density at radius 2 is 1.70 bits per heavy atom. The van der Waals surface area contributed by atoms with E-state index in [1.807, 2.05) is 24.3 Å². The van der Waals surface area contributed by atoms with Gasteiger partial charge in [-0.1, -0.05) is 23.7 Å². The van der Waals surface area contributed by atoms with Crippen molar-refractivity contribution in [3.05, 3.63) is 77.1 Å². The minimum absolute atomic E-state index is 0.0822. The molecule has 3 aromatic rings. The number of carbonyl (C=O) groups is 1. The van der Waals surface area contributed by atoms with Gasteiger partial charge in [-0.2, -0.15) is 0 Å². The molecule has 0 spiro atoms. The summed E-state index contributed by atoms with van der Waals surface area (Å²) in [6, 6.07) is 16.6. The topological polar surface area (TPSA) is 47.6 Å². The molecule has 0 saturated heterocycles. The number of rotatable bonds is 5. The molecule has 0 bridgehead atoms. The predicted octanol–water partition coefficient (Wildman–Crippen LogP) is 5.42. The highest BCUT2D eigenvalue weighted by molar-refractivity contribution is 6.30. The van der Waals surface area contributed by atoms with Gasteiger partial charge in [-0.05, 0) is 54.1 Å². The summed E-state index contributed by atoms with van der Waals surface area (Å²) in [6.45, 7) is 0. The number of methoxy groups -OCH3 is 2. The zero-order valence-corrected chi connectivity index (χ0v) is 15.5. The Balaban J connectivity index is 1.91. The van der Waals surface area contributed by atoms with Crippen molar-refractivity contribution in [2.45, 2.75) is 0 Å². The molecule has 0 heterocycles. The van der Waals surface area contributed by atoms with Crippen LogP contribution in [0.5, 0.6) is 11.5 Å². The molecule has 0 fully saturated rings. The lowest BCUT2D eigenvalue weighted by Gasteiger charge is -2.13. The number of anilines is 1. The van der Waals surface area contributed by atoms with Crippen LogP contribution >= 0.6 is 11.6 Å². The molecule has 0 aliphatic rings. The summed E-state index contributed by atoms with van der Waals surface area (Å²) in [5.41, 5.74) is 2.11. The van der Waals surface area contributed by atoms with Crippen LogP contribution in [-0.2, 0) is 0 Å². The lowest BCUT2D eigenvalue weighted by atomic mass is 10.0. The van der Waals surface area contributed by atoms with Crippen LogP contribution in [0.3, 0.4) is 0 Å². The number of hydrogen-bond acceptors (Lipinski definition) is 3. The second-order valence-corrected chi connectivity index (χ2v) is 6.16. The molecule has 0 radical (unpaired) electrons. The van der Waals surface area contributed by atoms with E-state index in [-0.39, 0.29) is 10.6 Å². The van der Waals surface area contributed by atoms with Gasteiger partial charge in [-0.25, -0.2) is 4.39 Å². The number of amides is 1. The van der Waals surface area contributed by atoms with Crippen LogP contribution in [0.15, 0.2) is 60.7 Å². The number of benzene rings is 3. The van der Waals surface area contributed by atoms with Crippen LogP contribution < -0.4 is 14.8 Å². The first kappa shape index (κ1) is 18.7. The Morgan fingerprint density at radius 3 is 2.33 bits per heavy atom. The number of hydrogen-bond donors (Lipinski definition) is 1. The second-order valence-electron chi connectivity index (χ2n) is 5.72. The van der Waals surface area contributed by atoms with Crippen LogP contribution in [0.25, 0.3) is 11.1 Å². The molecule has 3 rings (SSSR count). The maximum absolute atomic E-state index is 14.0. The summed E-state index contributed by atoms with van der Waals surface area (Å²) in [5, 5.41) is 2.93. The van der Waals surface area contributed by atoms with E-state index >= 15 is 0 Å². The lowest BCUT2D eigenvalue weighted by molar-refractivity contribution is 0.102. The highest BCUT2D eigenvalue weighted by atomic mass is 35.5. The summed E-state index contributed by atoms with van der Waals surface area (Å²) in [6.07, 6.45) is 0. The second kappa shape index (κ2) is 8.10. The normalized spacial score (nSPS) is 10.4. The molecule has 0 unspecified atom stereocenters. The Hall–Kier alpha value is -3.05. The SMILES string of the molecule is COc1ccc(-c2cc(NC(=O)c3ccc(Cl)cc3F)ccc2OC)cc1. The van der Waals surface area contributed by atoms with Crippen molar-refractivity contribution < 1.29 is 18.7 Å². The first-order chi connectivity index (χ1) is 13.0. The molecule has 138 valence electrons. The van der Waals surface area contributed by atoms with E-state index in [0.29, 0.717) is 11.4 Å². The van der Waals surface area contributed by atoms with E-state index in [9.17, 15) is 9.18 Å². The summed E-state index contributed by atoms with van der Waals surface area (Å²) in [4.78, 5) is 12.4. The summed E-state index contributed by atoms with van der Waals surface area (Å²) in [5.74, 6) is 0.148. The fourth-order valence-corrected chi connectivity index (χ4v) is 2.81. The summed E-state index contributed by atoms with van der Waals surface area (Å²) >= 11 is 5.73. The van der Waals surface area contributed by atoms with Crippen LogP contribution in [0, 0.1) is 5.82 Å². The first-order valence-electron chi connectivity index (χ1n) is 8.10. The molecule has 0 aromatic heterocycles. The molecule has 0 saturated carbocycles. The average molecular weight is 386 g/mol. The predicted molar refractivity (Wildman–Crippen MR) is 104 cm³/mol. The highest BCUT2D eigenvalue weighted by Crippen LogP contribution is 2.33. The monoisotopic (exact) mass is 385 g/mol. The summed E-state index contributed by atoms with van der Waals surface area (Å²) < 4.78 is 24.5. The van der Waals surface area contributed by atoms with Gasteiger partial charge in [0.25, 0.3) is 5.91 Å². The van der Waals surface area contributed by atoms with Gasteiger partial charge in [0.2, 0.25) is 0 Å². The van der Waals surface area contributed by atoms with Gasteiger partial charge in [0.05, 0.1) is 19.8 Å². The molecular formula is C21H17ClFNO3. The Kier molecular flexibility index (Phi) is 5.62. The molecule has 0 aliphatic carbocycles. The van der Waals surface area contributed by atoms with E-state index in [1.165, 1.54) is 12.1 Å². The van der Waals surface area contributed by atoms with Crippen molar-refractivity contribution in [3.8, 4) is 22.6 Å². The van der Waals surface area contributed by atoms with E-state index in [2.05, 4.69) is 5.32 Å². The van der Waals surface area contributed by atoms with Crippen molar-refractivity contribution in [1.29, 1.82) is 0 Å². The largest absolute Gasteiger partial charge is 0.497 e. The van der Waals surface area contributed by atoms with Crippen molar-refractivity contribution >= 4 is 23.2 Å². The van der Waals surface area contributed by atoms with Crippen molar-refractivity contribution in [1.82, 2.24) is 0 Å². The highest BCUT2D eigenvalue weighted by Gasteiger charge is 2.14. The van der Waals surface area contributed by atoms with Crippen molar-refractivity contribution in [3.63, 3.8) is 0 Å². The minimum Gasteiger partial charge on any atom is -0.497 e. The van der Waals surface area contributed by atoms with Gasteiger partial charge < -0.3 is 14.8 Å². The number of halogens is 2. The van der Waals surface area contributed by atoms with Gasteiger partial charge >= 0.3 is 0 Å². The number of ether oxygens (including phenoxy) is 2. The fraction of sp³-hybridized carbons (Fsp3) is 0.0952. The third kappa shape index (κ3) is 4.20. The lowest BCUT2D eigenvalue weighted by Crippen LogP contribution is -2.13. The van der Waals surface area contributed by atoms with Crippen LogP contribution in [0.2, 0.25) is 5.02 Å². The Morgan fingerprint density at radius 1 is 0.963 bits per heavy atom. The van der Waals surface area contributed by atoms with Gasteiger partial charge in [-0.3, -0.25) is 4.79 Å². The van der Waals surface area contributed by atoms with Crippen LogP contribution in [0.4, 0.5) is 10.1 Å². The van der Waals surface area contributed by atoms with Gasteiger partial charge in [0, 0.05) is 16.3 Å². The zero-order valence-electron chi connectivity index (χ0n) is 14.8. The molecule has 3 aromatic carbocycles. The number of nitrogens with one attached hydrogen (secondary N) is 1. The maximum atomic E-state index is 14.0. The standard InChI is InChI=1S/C21H17ClFNO3/c1-26-16-7-3-13(4-8-16)18-12-15(6-10-20(18)27-2)24-21(25)17-9-5-14(22)11-19(17)23/h3-12H,1-2H3,(H,24,25). The van der Waals surface area contributed by atoms with Crippen LogP contribution in [-0.4, -0.2) is 20.1 Å². The molecule has 4 nitrogen and oxygen atoms in total. The van der Waals surface area contributed by atoms with Crippen molar-refractivity contribution in [2.75, 3.05) is 19.5 Å². The van der Waals surface area contributed by atoms with Gasteiger partial charge in [0.15, 0.2) is 0 Å². The Labute approximate surface area is 161 Å². The van der Waals surface area contributed by atoms with E-state index in [1.54, 1.807) is 32.4 Å². The molecule has 27 heavy (non-hydrogen) atoms. The van der Waals surface area contributed by atoms with E-state index in [0.717, 1.165) is 22.9 Å². The maximum Gasteiger partial charge on any atom is 0.258 e. The molecular weight excluding hydrogens is 369 g/mol. The van der Waals surface area contributed by atoms with Crippen molar-refractivity contribution in [2.24, 2.45) is 0 Å². The molecule has 6 heteroatoms. The van der Waals surface area contributed by atoms with E-state index < -0.39 is 11.7 Å². The van der Waals surface area contributed by atoms with E-state index in [4.69, 9.17) is 21.1 Å². The molecule has 0 atom stereocenters. The third-order valence-electron chi connectivity index (χ3n) is 4.03. The van der Waals surface area contributed by atoms with Gasteiger partial charge in [0.1, 0.15) is 17.3 Å². The minimum atomic E-state index is -0.677. The molecule has 0 aliphatic heterocycles. The number of carbonyl (C=O) groups excluding carboxylic acids is 1. The first-order valence-corrected chi connectivity index (χ1v) is 8.48. The molecule has 1 amide bonds.